The van der Waals surface area contributed by atoms with Crippen LogP contribution in [0, 0.1) is 11.8 Å². The highest BCUT2D eigenvalue weighted by Gasteiger charge is 2.23. The molecule has 86 valence electrons. The van der Waals surface area contributed by atoms with Crippen molar-refractivity contribution in [3.8, 4) is 0 Å². The molecule has 0 bridgehead atoms. The number of rotatable bonds is 5. The smallest absolute Gasteiger partial charge is 0.158 e. The number of hydrogen-bond donors (Lipinski definition) is 1. The second-order valence-corrected chi connectivity index (χ2v) is 5.44. The number of aliphatic hydroxyl groups excluding tert-OH is 1. The van der Waals surface area contributed by atoms with E-state index < -0.39 is 0 Å². The van der Waals surface area contributed by atoms with Gasteiger partial charge >= 0.3 is 0 Å². The van der Waals surface area contributed by atoms with Crippen LogP contribution in [0.5, 0.6) is 0 Å². The van der Waals surface area contributed by atoms with Gasteiger partial charge in [-0.2, -0.15) is 11.8 Å². The number of ketones is 1. The summed E-state index contributed by atoms with van der Waals surface area (Å²) >= 11 is 1.78. The molecule has 0 aromatic heterocycles. The molecule has 2 nitrogen and oxygen atoms in total. The summed E-state index contributed by atoms with van der Waals surface area (Å²) in [6, 6.07) is 0. The summed E-state index contributed by atoms with van der Waals surface area (Å²) in [4.78, 5) is 11.5. The van der Waals surface area contributed by atoms with Crippen molar-refractivity contribution in [1.29, 1.82) is 0 Å². The third-order valence-electron chi connectivity index (χ3n) is 3.04. The molecule has 2 unspecified atom stereocenters. The van der Waals surface area contributed by atoms with Crippen LogP contribution in [0.15, 0.2) is 11.6 Å². The molecule has 0 fully saturated rings. The molecular formula is C12H20O2S. The van der Waals surface area contributed by atoms with Crippen LogP contribution in [-0.2, 0) is 4.79 Å². The predicted octanol–water partition coefficient (Wildman–Crippen LogP) is 2.27. The standard InChI is InChI=1S/C12H20O2S/c1-9-3-4-11(7-12(9)14)10(2)8-15-6-5-13/h3,10-11,13H,4-8H2,1-2H3. The molecule has 0 radical (unpaired) electrons. The van der Waals surface area contributed by atoms with Crippen LogP contribution in [0.25, 0.3) is 0 Å². The normalized spacial score (nSPS) is 23.8. The summed E-state index contributed by atoms with van der Waals surface area (Å²) in [6.45, 7) is 4.36. The zero-order valence-electron chi connectivity index (χ0n) is 9.53. The van der Waals surface area contributed by atoms with Crippen LogP contribution in [-0.4, -0.2) is 29.0 Å². The SMILES string of the molecule is CC1=CCC(C(C)CSCCO)CC1=O. The first-order valence-electron chi connectivity index (χ1n) is 5.53. The van der Waals surface area contributed by atoms with Gasteiger partial charge in [0.25, 0.3) is 0 Å². The lowest BCUT2D eigenvalue weighted by Gasteiger charge is -2.25. The van der Waals surface area contributed by atoms with E-state index in [4.69, 9.17) is 5.11 Å². The Morgan fingerprint density at radius 3 is 3.00 bits per heavy atom. The average molecular weight is 228 g/mol. The number of carbonyl (C=O) groups is 1. The maximum atomic E-state index is 11.5. The summed E-state index contributed by atoms with van der Waals surface area (Å²) in [6.07, 6.45) is 3.82. The van der Waals surface area contributed by atoms with Crippen molar-refractivity contribution in [3.05, 3.63) is 11.6 Å². The molecule has 0 saturated heterocycles. The molecule has 0 spiro atoms. The average Bonchev–Trinajstić information content (AvgIpc) is 2.22. The fourth-order valence-electron chi connectivity index (χ4n) is 1.83. The Labute approximate surface area is 96.1 Å². The van der Waals surface area contributed by atoms with Crippen LogP contribution >= 0.6 is 11.8 Å². The zero-order chi connectivity index (χ0) is 11.3. The minimum absolute atomic E-state index is 0.250. The van der Waals surface area contributed by atoms with Gasteiger partial charge in [0, 0.05) is 12.2 Å². The minimum Gasteiger partial charge on any atom is -0.396 e. The van der Waals surface area contributed by atoms with E-state index in [2.05, 4.69) is 13.0 Å². The summed E-state index contributed by atoms with van der Waals surface area (Å²) in [7, 11) is 0. The van der Waals surface area contributed by atoms with Crippen LogP contribution in [0.1, 0.15) is 26.7 Å². The van der Waals surface area contributed by atoms with Gasteiger partial charge in [0.15, 0.2) is 5.78 Å². The second kappa shape index (κ2) is 6.33. The van der Waals surface area contributed by atoms with Gasteiger partial charge in [-0.3, -0.25) is 4.79 Å². The van der Waals surface area contributed by atoms with E-state index in [0.717, 1.165) is 23.5 Å². The van der Waals surface area contributed by atoms with Gasteiger partial charge in [0.05, 0.1) is 6.61 Å². The Morgan fingerprint density at radius 1 is 1.67 bits per heavy atom. The van der Waals surface area contributed by atoms with Gasteiger partial charge in [-0.05, 0) is 36.5 Å². The van der Waals surface area contributed by atoms with E-state index in [1.165, 1.54) is 0 Å². The van der Waals surface area contributed by atoms with Gasteiger partial charge in [0.2, 0.25) is 0 Å². The van der Waals surface area contributed by atoms with Crippen LogP contribution in [0.3, 0.4) is 0 Å². The molecule has 1 aliphatic rings. The molecule has 0 aliphatic heterocycles. The Balaban J connectivity index is 2.35. The van der Waals surface area contributed by atoms with Gasteiger partial charge < -0.3 is 5.11 Å². The summed E-state index contributed by atoms with van der Waals surface area (Å²) in [5.41, 5.74) is 0.932. The first-order chi connectivity index (χ1) is 7.15. The lowest BCUT2D eigenvalue weighted by molar-refractivity contribution is -0.117. The van der Waals surface area contributed by atoms with E-state index in [1.54, 1.807) is 11.8 Å². The molecule has 0 saturated carbocycles. The molecule has 1 rings (SSSR count). The number of Topliss-reactive ketones (excluding diaryl/α,β-unsaturated/α-hetero) is 1. The monoisotopic (exact) mass is 228 g/mol. The van der Waals surface area contributed by atoms with Gasteiger partial charge in [0.1, 0.15) is 0 Å². The van der Waals surface area contributed by atoms with Crippen molar-refractivity contribution >= 4 is 17.5 Å². The highest BCUT2D eigenvalue weighted by Crippen LogP contribution is 2.29. The van der Waals surface area contributed by atoms with Crippen molar-refractivity contribution in [1.82, 2.24) is 0 Å². The van der Waals surface area contributed by atoms with Crippen LogP contribution < -0.4 is 0 Å². The first kappa shape index (κ1) is 12.8. The molecular weight excluding hydrogens is 208 g/mol. The molecule has 0 aromatic rings. The van der Waals surface area contributed by atoms with Crippen molar-refractivity contribution in [3.63, 3.8) is 0 Å². The lowest BCUT2D eigenvalue weighted by atomic mass is 9.82. The number of aliphatic hydroxyl groups is 1. The molecule has 0 aromatic carbocycles. The van der Waals surface area contributed by atoms with Crippen molar-refractivity contribution in [2.75, 3.05) is 18.1 Å². The third kappa shape index (κ3) is 3.99. The molecule has 1 N–H and O–H groups in total. The molecule has 2 atom stereocenters. The summed E-state index contributed by atoms with van der Waals surface area (Å²) < 4.78 is 0. The molecule has 3 heteroatoms. The highest BCUT2D eigenvalue weighted by atomic mass is 32.2. The van der Waals surface area contributed by atoms with E-state index in [9.17, 15) is 4.79 Å². The van der Waals surface area contributed by atoms with Crippen molar-refractivity contribution in [2.24, 2.45) is 11.8 Å². The molecule has 15 heavy (non-hydrogen) atoms. The maximum absolute atomic E-state index is 11.5. The topological polar surface area (TPSA) is 37.3 Å². The highest BCUT2D eigenvalue weighted by molar-refractivity contribution is 7.99. The third-order valence-corrected chi connectivity index (χ3v) is 4.27. The number of thioether (sulfide) groups is 1. The van der Waals surface area contributed by atoms with Gasteiger partial charge in [-0.15, -0.1) is 0 Å². The first-order valence-corrected chi connectivity index (χ1v) is 6.69. The Morgan fingerprint density at radius 2 is 2.40 bits per heavy atom. The Kier molecular flexibility index (Phi) is 5.40. The molecule has 1 aliphatic carbocycles. The Hall–Kier alpha value is -0.280. The summed E-state index contributed by atoms with van der Waals surface area (Å²) in [5, 5.41) is 8.68. The molecule has 0 heterocycles. The predicted molar refractivity (Wildman–Crippen MR) is 65.1 cm³/mol. The van der Waals surface area contributed by atoms with Crippen LogP contribution in [0.2, 0.25) is 0 Å². The Bertz CT molecular complexity index is 248. The fraction of sp³-hybridized carbons (Fsp3) is 0.750. The van der Waals surface area contributed by atoms with E-state index >= 15 is 0 Å². The number of allylic oxidation sites excluding steroid dienone is 2. The van der Waals surface area contributed by atoms with Gasteiger partial charge in [-0.25, -0.2) is 0 Å². The number of carbonyl (C=O) groups excluding carboxylic acids is 1. The van der Waals surface area contributed by atoms with Crippen molar-refractivity contribution in [2.45, 2.75) is 26.7 Å². The maximum Gasteiger partial charge on any atom is 0.158 e. The van der Waals surface area contributed by atoms with Gasteiger partial charge in [-0.1, -0.05) is 13.0 Å². The summed E-state index contributed by atoms with van der Waals surface area (Å²) in [5.74, 6) is 3.23. The minimum atomic E-state index is 0.250. The van der Waals surface area contributed by atoms with E-state index in [-0.39, 0.29) is 6.61 Å². The van der Waals surface area contributed by atoms with Crippen LogP contribution in [0.4, 0.5) is 0 Å². The fourth-order valence-corrected chi connectivity index (χ4v) is 2.77. The number of hydrogen-bond acceptors (Lipinski definition) is 3. The largest absolute Gasteiger partial charge is 0.396 e. The molecule has 0 amide bonds. The van der Waals surface area contributed by atoms with Crippen molar-refractivity contribution < 1.29 is 9.90 Å². The zero-order valence-corrected chi connectivity index (χ0v) is 10.3. The second-order valence-electron chi connectivity index (χ2n) is 4.29. The van der Waals surface area contributed by atoms with E-state index in [0.29, 0.717) is 24.0 Å². The quantitative estimate of drug-likeness (QED) is 0.733. The lowest BCUT2D eigenvalue weighted by Crippen LogP contribution is -2.22. The van der Waals surface area contributed by atoms with E-state index in [1.807, 2.05) is 6.92 Å².